The Hall–Kier alpha value is -3.48. The summed E-state index contributed by atoms with van der Waals surface area (Å²) in [6.07, 6.45) is 0.408. The number of anilines is 2. The molecule has 25 heavy (non-hydrogen) atoms. The molecule has 0 aromatic heterocycles. The van der Waals surface area contributed by atoms with E-state index in [4.69, 9.17) is 5.73 Å². The third kappa shape index (κ3) is 3.55. The second-order valence-corrected chi connectivity index (χ2v) is 5.45. The van der Waals surface area contributed by atoms with E-state index in [0.717, 1.165) is 0 Å². The molecule has 126 valence electrons. The fourth-order valence-electron chi connectivity index (χ4n) is 2.49. The maximum atomic E-state index is 12.5. The predicted octanol–water partition coefficient (Wildman–Crippen LogP) is 1.91. The lowest BCUT2D eigenvalue weighted by molar-refractivity contribution is -0.118. The minimum Gasteiger partial charge on any atom is -0.366 e. The highest BCUT2D eigenvalue weighted by atomic mass is 16.2. The van der Waals surface area contributed by atoms with Crippen LogP contribution in [0.1, 0.15) is 23.2 Å². The Morgan fingerprint density at radius 1 is 1.00 bits per heavy atom. The van der Waals surface area contributed by atoms with Gasteiger partial charge in [0, 0.05) is 12.8 Å². The smallest absolute Gasteiger partial charge is 0.271 e. The summed E-state index contributed by atoms with van der Waals surface area (Å²) in [4.78, 5) is 36.0. The molecule has 0 radical (unpaired) electrons. The largest absolute Gasteiger partial charge is 0.366 e. The Labute approximate surface area is 144 Å². The van der Waals surface area contributed by atoms with Crippen LogP contribution in [0.3, 0.4) is 0 Å². The average molecular weight is 336 g/mol. The number of primary amides is 1. The number of amides is 3. The van der Waals surface area contributed by atoms with Gasteiger partial charge in [-0.2, -0.15) is 5.10 Å². The van der Waals surface area contributed by atoms with Crippen LogP contribution in [0.5, 0.6) is 0 Å². The van der Waals surface area contributed by atoms with Gasteiger partial charge in [0.15, 0.2) is 0 Å². The van der Waals surface area contributed by atoms with Crippen molar-refractivity contribution in [3.63, 3.8) is 0 Å². The number of benzene rings is 2. The van der Waals surface area contributed by atoms with Crippen LogP contribution in [0.15, 0.2) is 59.7 Å². The molecule has 3 amide bonds. The van der Waals surface area contributed by atoms with Crippen molar-refractivity contribution in [1.82, 2.24) is 0 Å². The van der Waals surface area contributed by atoms with E-state index in [2.05, 4.69) is 10.4 Å². The Morgan fingerprint density at radius 3 is 2.40 bits per heavy atom. The van der Waals surface area contributed by atoms with E-state index in [-0.39, 0.29) is 30.0 Å². The fourth-order valence-corrected chi connectivity index (χ4v) is 2.49. The second-order valence-electron chi connectivity index (χ2n) is 5.45. The van der Waals surface area contributed by atoms with E-state index in [1.54, 1.807) is 42.5 Å². The third-order valence-corrected chi connectivity index (χ3v) is 3.74. The van der Waals surface area contributed by atoms with Gasteiger partial charge >= 0.3 is 0 Å². The molecule has 0 bridgehead atoms. The van der Waals surface area contributed by atoms with Crippen molar-refractivity contribution in [2.24, 2.45) is 10.8 Å². The summed E-state index contributed by atoms with van der Waals surface area (Å²) in [6.45, 7) is 0. The minimum absolute atomic E-state index is 0.179. The molecule has 0 saturated heterocycles. The lowest BCUT2D eigenvalue weighted by atomic mass is 10.1. The first-order valence-electron chi connectivity index (χ1n) is 7.72. The summed E-state index contributed by atoms with van der Waals surface area (Å²) in [5.41, 5.74) is 6.64. The highest BCUT2D eigenvalue weighted by Gasteiger charge is 2.26. The van der Waals surface area contributed by atoms with E-state index in [1.165, 1.54) is 11.1 Å². The van der Waals surface area contributed by atoms with Gasteiger partial charge in [-0.25, -0.2) is 5.01 Å². The third-order valence-electron chi connectivity index (χ3n) is 3.74. The predicted molar refractivity (Wildman–Crippen MR) is 94.2 cm³/mol. The van der Waals surface area contributed by atoms with Gasteiger partial charge in [-0.1, -0.05) is 30.3 Å². The van der Waals surface area contributed by atoms with Crippen molar-refractivity contribution in [3.05, 3.63) is 60.2 Å². The number of nitrogens with zero attached hydrogens (tertiary/aromatic N) is 2. The first-order valence-corrected chi connectivity index (χ1v) is 7.72. The highest BCUT2D eigenvalue weighted by molar-refractivity contribution is 6.44. The van der Waals surface area contributed by atoms with Crippen LogP contribution in [0, 0.1) is 0 Å². The maximum Gasteiger partial charge on any atom is 0.271 e. The van der Waals surface area contributed by atoms with Crippen molar-refractivity contribution < 1.29 is 14.4 Å². The van der Waals surface area contributed by atoms with Gasteiger partial charge in [0.1, 0.15) is 5.71 Å². The van der Waals surface area contributed by atoms with E-state index >= 15 is 0 Å². The van der Waals surface area contributed by atoms with E-state index < -0.39 is 11.8 Å². The number of hydrogen-bond acceptors (Lipinski definition) is 4. The molecule has 0 saturated carbocycles. The molecule has 7 nitrogen and oxygen atoms in total. The van der Waals surface area contributed by atoms with Gasteiger partial charge in [-0.15, -0.1) is 0 Å². The maximum absolute atomic E-state index is 12.5. The van der Waals surface area contributed by atoms with Gasteiger partial charge in [-0.05, 0) is 24.3 Å². The van der Waals surface area contributed by atoms with Gasteiger partial charge in [0.25, 0.3) is 11.8 Å². The first kappa shape index (κ1) is 16.4. The number of hydrogen-bond donors (Lipinski definition) is 2. The summed E-state index contributed by atoms with van der Waals surface area (Å²) >= 11 is 0. The average Bonchev–Trinajstić information content (AvgIpc) is 2.63. The zero-order chi connectivity index (χ0) is 17.8. The summed E-state index contributed by atoms with van der Waals surface area (Å²) in [5.74, 6) is -1.29. The van der Waals surface area contributed by atoms with Gasteiger partial charge in [0.05, 0.1) is 16.9 Å². The zero-order valence-electron chi connectivity index (χ0n) is 13.3. The molecule has 0 unspecified atom stereocenters. The van der Waals surface area contributed by atoms with Gasteiger partial charge in [0.2, 0.25) is 5.91 Å². The number of hydrazone groups is 1. The highest BCUT2D eigenvalue weighted by Crippen LogP contribution is 2.21. The molecule has 0 fully saturated rings. The summed E-state index contributed by atoms with van der Waals surface area (Å²) in [7, 11) is 0. The molecule has 7 heteroatoms. The van der Waals surface area contributed by atoms with Crippen LogP contribution in [0.25, 0.3) is 0 Å². The van der Waals surface area contributed by atoms with Crippen LogP contribution in [0.4, 0.5) is 11.4 Å². The molecule has 0 atom stereocenters. The fraction of sp³-hybridized carbons (Fsp3) is 0.111. The van der Waals surface area contributed by atoms with Crippen LogP contribution in [0.2, 0.25) is 0 Å². The number of nitrogens with one attached hydrogen (secondary N) is 1. The first-order chi connectivity index (χ1) is 12.1. The SMILES string of the molecule is NC(=O)c1ccccc1NC(=O)C1=NN(c2ccccc2)C(=O)CC1. The van der Waals surface area contributed by atoms with E-state index in [9.17, 15) is 14.4 Å². The van der Waals surface area contributed by atoms with Crippen LogP contribution < -0.4 is 16.1 Å². The summed E-state index contributed by atoms with van der Waals surface area (Å²) in [6, 6.07) is 15.3. The van der Waals surface area contributed by atoms with Crippen molar-refractivity contribution in [2.75, 3.05) is 10.3 Å². The zero-order valence-corrected chi connectivity index (χ0v) is 13.3. The molecule has 1 aliphatic heterocycles. The summed E-state index contributed by atoms with van der Waals surface area (Å²) < 4.78 is 0. The lowest BCUT2D eigenvalue weighted by Crippen LogP contribution is -2.36. The van der Waals surface area contributed by atoms with Crippen molar-refractivity contribution in [3.8, 4) is 0 Å². The van der Waals surface area contributed by atoms with Crippen LogP contribution in [-0.2, 0) is 9.59 Å². The Bertz CT molecular complexity index is 862. The monoisotopic (exact) mass is 336 g/mol. The molecular formula is C18H16N4O3. The van der Waals surface area contributed by atoms with Crippen LogP contribution in [-0.4, -0.2) is 23.4 Å². The molecular weight excluding hydrogens is 320 g/mol. The molecule has 2 aromatic rings. The normalized spacial score (nSPS) is 14.0. The molecule has 0 spiro atoms. The topological polar surface area (TPSA) is 105 Å². The summed E-state index contributed by atoms with van der Waals surface area (Å²) in [5, 5.41) is 8.04. The van der Waals surface area contributed by atoms with Crippen molar-refractivity contribution in [2.45, 2.75) is 12.8 Å². The molecule has 1 aliphatic rings. The number of carbonyl (C=O) groups excluding carboxylic acids is 3. The quantitative estimate of drug-likeness (QED) is 0.891. The Kier molecular flexibility index (Phi) is 4.56. The van der Waals surface area contributed by atoms with Crippen LogP contribution >= 0.6 is 0 Å². The molecule has 0 aliphatic carbocycles. The molecule has 1 heterocycles. The number of rotatable bonds is 4. The molecule has 3 N–H and O–H groups in total. The van der Waals surface area contributed by atoms with E-state index in [1.807, 2.05) is 6.07 Å². The number of nitrogens with two attached hydrogens (primary N) is 1. The van der Waals surface area contributed by atoms with Crippen molar-refractivity contribution >= 4 is 34.8 Å². The Morgan fingerprint density at radius 2 is 1.68 bits per heavy atom. The Balaban J connectivity index is 1.85. The van der Waals surface area contributed by atoms with Gasteiger partial charge < -0.3 is 11.1 Å². The number of para-hydroxylation sites is 2. The molecule has 3 rings (SSSR count). The lowest BCUT2D eigenvalue weighted by Gasteiger charge is -2.23. The standard InChI is InChI=1S/C18H16N4O3/c19-17(24)13-8-4-5-9-14(13)20-18(25)15-10-11-16(23)22(21-15)12-6-2-1-3-7-12/h1-9H,10-11H2,(H2,19,24)(H,20,25). The number of carbonyl (C=O) groups is 3. The molecule has 2 aromatic carbocycles. The van der Waals surface area contributed by atoms with E-state index in [0.29, 0.717) is 11.4 Å². The van der Waals surface area contributed by atoms with Gasteiger partial charge in [-0.3, -0.25) is 14.4 Å². The second kappa shape index (κ2) is 6.96. The van der Waals surface area contributed by atoms with Crippen molar-refractivity contribution in [1.29, 1.82) is 0 Å². The minimum atomic E-state index is -0.637.